The summed E-state index contributed by atoms with van der Waals surface area (Å²) in [6.07, 6.45) is 1.55. The number of aryl methyl sites for hydroxylation is 1. The first kappa shape index (κ1) is 25.6. The van der Waals surface area contributed by atoms with Gasteiger partial charge in [-0.2, -0.15) is 0 Å². The molecule has 3 aromatic rings. The lowest BCUT2D eigenvalue weighted by atomic mass is 10.2. The smallest absolute Gasteiger partial charge is 0.234 e. The van der Waals surface area contributed by atoms with Crippen molar-refractivity contribution in [2.75, 3.05) is 24.1 Å². The zero-order valence-corrected chi connectivity index (χ0v) is 20.8. The van der Waals surface area contributed by atoms with Crippen LogP contribution in [0.3, 0.4) is 0 Å². The second-order valence-electron chi connectivity index (χ2n) is 6.75. The lowest BCUT2D eigenvalue weighted by Gasteiger charge is -2.12. The first-order chi connectivity index (χ1) is 14.9. The summed E-state index contributed by atoms with van der Waals surface area (Å²) in [5, 5.41) is 5.98. The van der Waals surface area contributed by atoms with Crippen LogP contribution in [0.5, 0.6) is 0 Å². The number of hydrogen-bond donors (Lipinski definition) is 3. The Bertz CT molecular complexity index is 1150. The van der Waals surface area contributed by atoms with Gasteiger partial charge in [-0.1, -0.05) is 24.3 Å². The van der Waals surface area contributed by atoms with Gasteiger partial charge in [0.05, 0.1) is 23.7 Å². The average molecular weight is 573 g/mol. The molecular weight excluding hydrogens is 548 g/mol. The number of nitrogens with zero attached hydrogens (tertiary/aromatic N) is 2. The van der Waals surface area contributed by atoms with Gasteiger partial charge in [-0.3, -0.25) is 9.71 Å². The summed E-state index contributed by atoms with van der Waals surface area (Å²) < 4.78 is 45.9. The van der Waals surface area contributed by atoms with Crippen molar-refractivity contribution in [3.63, 3.8) is 0 Å². The molecule has 0 spiro atoms. The Balaban J connectivity index is 0.00000363. The summed E-state index contributed by atoms with van der Waals surface area (Å²) in [6, 6.07) is 13.7. The molecule has 0 atom stereocenters. The number of aliphatic imine (C=N–C) groups is 1. The molecule has 0 saturated heterocycles. The highest BCUT2D eigenvalue weighted by Crippen LogP contribution is 2.18. The lowest BCUT2D eigenvalue weighted by Crippen LogP contribution is -2.39. The van der Waals surface area contributed by atoms with E-state index in [0.29, 0.717) is 29.7 Å². The number of nitrogens with one attached hydrogen (secondary N) is 3. The Morgan fingerprint density at radius 1 is 1.16 bits per heavy atom. The van der Waals surface area contributed by atoms with Crippen molar-refractivity contribution < 1.29 is 17.2 Å². The fourth-order valence-electron chi connectivity index (χ4n) is 2.69. The molecule has 0 saturated carbocycles. The van der Waals surface area contributed by atoms with Crippen LogP contribution in [0.15, 0.2) is 64.2 Å². The van der Waals surface area contributed by atoms with E-state index in [9.17, 15) is 12.8 Å². The standard InChI is InChI=1S/C21H24FN5O3S.HI/c1-15-8-9-17(12-19(15)22)27-31(28,29)11-10-24-21(23-2)25-13-18-14-30-20(26-18)16-6-4-3-5-7-16;/h3-9,12,14,27H,10-11,13H2,1-2H3,(H2,23,24,25);1H. The quantitative estimate of drug-likeness (QED) is 0.216. The van der Waals surface area contributed by atoms with Crippen LogP contribution < -0.4 is 15.4 Å². The highest BCUT2D eigenvalue weighted by molar-refractivity contribution is 14.0. The first-order valence-corrected chi connectivity index (χ1v) is 11.2. The van der Waals surface area contributed by atoms with Gasteiger partial charge < -0.3 is 15.1 Å². The van der Waals surface area contributed by atoms with Crippen LogP contribution in [0.25, 0.3) is 11.5 Å². The SMILES string of the molecule is CN=C(NCCS(=O)(=O)Nc1ccc(C)c(F)c1)NCc1coc(-c2ccccc2)n1.I. The van der Waals surface area contributed by atoms with E-state index in [-0.39, 0.29) is 42.0 Å². The molecule has 0 radical (unpaired) electrons. The molecule has 0 unspecified atom stereocenters. The van der Waals surface area contributed by atoms with Crippen LogP contribution in [-0.4, -0.2) is 38.7 Å². The molecule has 0 fully saturated rings. The van der Waals surface area contributed by atoms with Gasteiger partial charge >= 0.3 is 0 Å². The lowest BCUT2D eigenvalue weighted by molar-refractivity contribution is 0.572. The molecule has 0 aliphatic heterocycles. The zero-order valence-electron chi connectivity index (χ0n) is 17.6. The van der Waals surface area contributed by atoms with Crippen LogP contribution in [0.4, 0.5) is 10.1 Å². The molecule has 8 nitrogen and oxygen atoms in total. The number of guanidine groups is 1. The van der Waals surface area contributed by atoms with Crippen molar-refractivity contribution >= 4 is 45.6 Å². The van der Waals surface area contributed by atoms with Gasteiger partial charge in [0.15, 0.2) is 5.96 Å². The third-order valence-corrected chi connectivity index (χ3v) is 5.63. The number of anilines is 1. The van der Waals surface area contributed by atoms with Gasteiger partial charge in [0.25, 0.3) is 0 Å². The summed E-state index contributed by atoms with van der Waals surface area (Å²) in [4.78, 5) is 8.48. The Kier molecular flexibility index (Phi) is 9.44. The van der Waals surface area contributed by atoms with E-state index in [2.05, 4.69) is 25.3 Å². The van der Waals surface area contributed by atoms with Crippen LogP contribution in [0, 0.1) is 12.7 Å². The fourth-order valence-corrected chi connectivity index (χ4v) is 3.65. The normalized spacial score (nSPS) is 11.5. The molecule has 0 aliphatic rings. The minimum atomic E-state index is -3.65. The molecule has 172 valence electrons. The van der Waals surface area contributed by atoms with E-state index < -0.39 is 15.8 Å². The van der Waals surface area contributed by atoms with E-state index in [0.717, 1.165) is 11.6 Å². The van der Waals surface area contributed by atoms with Gasteiger partial charge in [-0.15, -0.1) is 24.0 Å². The molecule has 1 aromatic heterocycles. The summed E-state index contributed by atoms with van der Waals surface area (Å²) in [5.74, 6) is 0.253. The molecule has 0 amide bonds. The van der Waals surface area contributed by atoms with Crippen LogP contribution in [0.1, 0.15) is 11.3 Å². The molecule has 0 bridgehead atoms. The molecule has 11 heteroatoms. The molecule has 32 heavy (non-hydrogen) atoms. The van der Waals surface area contributed by atoms with E-state index in [1.807, 2.05) is 30.3 Å². The maximum atomic E-state index is 13.6. The van der Waals surface area contributed by atoms with Crippen molar-refractivity contribution in [3.8, 4) is 11.5 Å². The van der Waals surface area contributed by atoms with Crippen molar-refractivity contribution in [1.82, 2.24) is 15.6 Å². The molecule has 3 rings (SSSR count). The van der Waals surface area contributed by atoms with Gasteiger partial charge in [-0.25, -0.2) is 17.8 Å². The van der Waals surface area contributed by atoms with Crippen molar-refractivity contribution in [2.24, 2.45) is 4.99 Å². The second kappa shape index (κ2) is 11.8. The number of benzene rings is 2. The molecule has 3 N–H and O–H groups in total. The molecular formula is C21H25FIN5O3S. The highest BCUT2D eigenvalue weighted by Gasteiger charge is 2.12. The maximum absolute atomic E-state index is 13.6. The van der Waals surface area contributed by atoms with Gasteiger partial charge in [0, 0.05) is 19.2 Å². The summed E-state index contributed by atoms with van der Waals surface area (Å²) in [7, 11) is -2.07. The number of aromatic nitrogens is 1. The van der Waals surface area contributed by atoms with Gasteiger partial charge in [-0.05, 0) is 36.8 Å². The third-order valence-electron chi connectivity index (χ3n) is 4.34. The van der Waals surface area contributed by atoms with E-state index in [1.165, 1.54) is 12.1 Å². The predicted octanol–water partition coefficient (Wildman–Crippen LogP) is 3.51. The summed E-state index contributed by atoms with van der Waals surface area (Å²) in [5.41, 5.74) is 2.19. The van der Waals surface area contributed by atoms with Crippen LogP contribution in [0.2, 0.25) is 0 Å². The molecule has 0 aliphatic carbocycles. The summed E-state index contributed by atoms with van der Waals surface area (Å²) >= 11 is 0. The highest BCUT2D eigenvalue weighted by atomic mass is 127. The minimum Gasteiger partial charge on any atom is -0.444 e. The van der Waals surface area contributed by atoms with Gasteiger partial charge in [0.1, 0.15) is 12.1 Å². The minimum absolute atomic E-state index is 0. The Labute approximate surface area is 203 Å². The Morgan fingerprint density at radius 2 is 1.91 bits per heavy atom. The predicted molar refractivity (Wildman–Crippen MR) is 134 cm³/mol. The monoisotopic (exact) mass is 573 g/mol. The Hall–Kier alpha value is -2.67. The summed E-state index contributed by atoms with van der Waals surface area (Å²) in [6.45, 7) is 2.07. The first-order valence-electron chi connectivity index (χ1n) is 9.57. The number of sulfonamides is 1. The molecule has 1 heterocycles. The largest absolute Gasteiger partial charge is 0.444 e. The topological polar surface area (TPSA) is 109 Å². The van der Waals surface area contributed by atoms with E-state index >= 15 is 0 Å². The third kappa shape index (κ3) is 7.48. The van der Waals surface area contributed by atoms with Crippen LogP contribution >= 0.6 is 24.0 Å². The maximum Gasteiger partial charge on any atom is 0.234 e. The van der Waals surface area contributed by atoms with Crippen LogP contribution in [-0.2, 0) is 16.6 Å². The van der Waals surface area contributed by atoms with Crippen molar-refractivity contribution in [3.05, 3.63) is 71.9 Å². The van der Waals surface area contributed by atoms with E-state index in [4.69, 9.17) is 4.42 Å². The van der Waals surface area contributed by atoms with Gasteiger partial charge in [0.2, 0.25) is 15.9 Å². The van der Waals surface area contributed by atoms with Crippen molar-refractivity contribution in [1.29, 1.82) is 0 Å². The average Bonchev–Trinajstić information content (AvgIpc) is 3.22. The number of hydrogen-bond acceptors (Lipinski definition) is 5. The number of oxazole rings is 1. The van der Waals surface area contributed by atoms with Crippen molar-refractivity contribution in [2.45, 2.75) is 13.5 Å². The Morgan fingerprint density at radius 3 is 2.59 bits per heavy atom. The zero-order chi connectivity index (χ0) is 22.3. The number of rotatable bonds is 8. The fraction of sp³-hybridized carbons (Fsp3) is 0.238. The molecule has 2 aromatic carbocycles. The van der Waals surface area contributed by atoms with E-state index in [1.54, 1.807) is 20.2 Å². The number of halogens is 2. The second-order valence-corrected chi connectivity index (χ2v) is 8.59.